The van der Waals surface area contributed by atoms with Crippen LogP contribution in [0.2, 0.25) is 0 Å². The van der Waals surface area contributed by atoms with E-state index in [-0.39, 0.29) is 5.56 Å². The van der Waals surface area contributed by atoms with Crippen molar-refractivity contribution in [3.8, 4) is 11.3 Å². The van der Waals surface area contributed by atoms with Crippen LogP contribution in [0, 0.1) is 3.57 Å². The Labute approximate surface area is 105 Å². The highest BCUT2D eigenvalue weighted by Crippen LogP contribution is 2.20. The number of H-pyrrole nitrogens is 1. The number of nitrogens with zero attached hydrogens (tertiary/aromatic N) is 1. The molecule has 0 unspecified atom stereocenters. The van der Waals surface area contributed by atoms with Crippen LogP contribution >= 0.6 is 22.6 Å². The summed E-state index contributed by atoms with van der Waals surface area (Å²) < 4.78 is 1.96. The molecular formula is C11H9IN2O2. The van der Waals surface area contributed by atoms with Gasteiger partial charge in [-0.25, -0.2) is 4.79 Å². The van der Waals surface area contributed by atoms with Crippen LogP contribution in [-0.2, 0) is 7.05 Å². The van der Waals surface area contributed by atoms with Gasteiger partial charge in [-0.1, -0.05) is 30.3 Å². The molecule has 0 spiro atoms. The molecule has 0 bridgehead atoms. The molecule has 0 aliphatic rings. The number of rotatable bonds is 1. The Bertz CT molecular complexity index is 594. The fourth-order valence-corrected chi connectivity index (χ4v) is 2.32. The van der Waals surface area contributed by atoms with Gasteiger partial charge in [-0.15, -0.1) is 0 Å². The maximum atomic E-state index is 11.5. The molecular weight excluding hydrogens is 319 g/mol. The normalized spacial score (nSPS) is 10.4. The standard InChI is InChI=1S/C11H9IN2O2/c1-14-9(7-5-3-2-4-6-7)8(12)10(15)13-11(14)16/h2-6H,1H3,(H,13,15,16). The Balaban J connectivity index is 2.85. The Morgan fingerprint density at radius 2 is 1.81 bits per heavy atom. The molecule has 4 nitrogen and oxygen atoms in total. The van der Waals surface area contributed by atoms with Gasteiger partial charge >= 0.3 is 5.69 Å². The lowest BCUT2D eigenvalue weighted by molar-refractivity contribution is 0.802. The van der Waals surface area contributed by atoms with Crippen molar-refractivity contribution in [3.63, 3.8) is 0 Å². The van der Waals surface area contributed by atoms with Crippen LogP contribution in [0.1, 0.15) is 0 Å². The minimum atomic E-state index is -0.399. The number of aromatic amines is 1. The molecule has 0 fully saturated rings. The van der Waals surface area contributed by atoms with Gasteiger partial charge in [0.2, 0.25) is 0 Å². The van der Waals surface area contributed by atoms with Crippen molar-refractivity contribution in [3.05, 3.63) is 54.7 Å². The number of hydrogen-bond donors (Lipinski definition) is 1. The molecule has 2 rings (SSSR count). The predicted molar refractivity (Wildman–Crippen MR) is 70.5 cm³/mol. The molecule has 0 aliphatic carbocycles. The summed E-state index contributed by atoms with van der Waals surface area (Å²) >= 11 is 1.95. The van der Waals surface area contributed by atoms with E-state index in [4.69, 9.17) is 0 Å². The number of benzene rings is 1. The van der Waals surface area contributed by atoms with Crippen molar-refractivity contribution in [2.75, 3.05) is 0 Å². The van der Waals surface area contributed by atoms with Crippen LogP contribution in [0.5, 0.6) is 0 Å². The van der Waals surface area contributed by atoms with Crippen molar-refractivity contribution in [2.45, 2.75) is 0 Å². The summed E-state index contributed by atoms with van der Waals surface area (Å²) in [6.45, 7) is 0. The third-order valence-electron chi connectivity index (χ3n) is 2.31. The summed E-state index contributed by atoms with van der Waals surface area (Å²) in [4.78, 5) is 25.3. The zero-order valence-electron chi connectivity index (χ0n) is 8.53. The summed E-state index contributed by atoms with van der Waals surface area (Å²) in [6.07, 6.45) is 0. The first kappa shape index (κ1) is 11.1. The number of nitrogens with one attached hydrogen (secondary N) is 1. The number of aromatic nitrogens is 2. The maximum absolute atomic E-state index is 11.5. The average molecular weight is 328 g/mol. The largest absolute Gasteiger partial charge is 0.328 e. The van der Waals surface area contributed by atoms with Gasteiger partial charge in [-0.2, -0.15) is 0 Å². The lowest BCUT2D eigenvalue weighted by Gasteiger charge is -2.09. The Morgan fingerprint density at radius 3 is 2.44 bits per heavy atom. The van der Waals surface area contributed by atoms with Crippen molar-refractivity contribution in [1.82, 2.24) is 9.55 Å². The summed E-state index contributed by atoms with van der Waals surface area (Å²) in [6, 6.07) is 9.38. The van der Waals surface area contributed by atoms with E-state index in [1.54, 1.807) is 7.05 Å². The SMILES string of the molecule is Cn1c(-c2ccccc2)c(I)c(=O)[nH]c1=O. The molecule has 1 N–H and O–H groups in total. The zero-order chi connectivity index (χ0) is 11.7. The molecule has 0 aliphatic heterocycles. The highest BCUT2D eigenvalue weighted by Gasteiger charge is 2.11. The van der Waals surface area contributed by atoms with Crippen molar-refractivity contribution >= 4 is 22.6 Å². The molecule has 0 atom stereocenters. The predicted octanol–water partition coefficient (Wildman–Crippen LogP) is 1.35. The highest BCUT2D eigenvalue weighted by atomic mass is 127. The third-order valence-corrected chi connectivity index (χ3v) is 3.32. The zero-order valence-corrected chi connectivity index (χ0v) is 10.7. The van der Waals surface area contributed by atoms with Crippen LogP contribution in [-0.4, -0.2) is 9.55 Å². The molecule has 5 heteroatoms. The van der Waals surface area contributed by atoms with E-state index in [1.807, 2.05) is 52.9 Å². The van der Waals surface area contributed by atoms with Gasteiger partial charge in [0.05, 0.1) is 5.69 Å². The average Bonchev–Trinajstić information content (AvgIpc) is 2.28. The first-order chi connectivity index (χ1) is 7.61. The van der Waals surface area contributed by atoms with Crippen LogP contribution < -0.4 is 11.2 Å². The molecule has 1 heterocycles. The van der Waals surface area contributed by atoms with Crippen molar-refractivity contribution < 1.29 is 0 Å². The van der Waals surface area contributed by atoms with E-state index in [1.165, 1.54) is 4.57 Å². The molecule has 1 aromatic carbocycles. The number of halogens is 1. The van der Waals surface area contributed by atoms with Gasteiger partial charge in [0.25, 0.3) is 5.56 Å². The van der Waals surface area contributed by atoms with Gasteiger partial charge in [-0.3, -0.25) is 14.3 Å². The fourth-order valence-electron chi connectivity index (χ4n) is 1.51. The number of hydrogen-bond acceptors (Lipinski definition) is 2. The van der Waals surface area contributed by atoms with E-state index in [2.05, 4.69) is 4.98 Å². The highest BCUT2D eigenvalue weighted by molar-refractivity contribution is 14.1. The van der Waals surface area contributed by atoms with Gasteiger partial charge in [-0.05, 0) is 28.2 Å². The van der Waals surface area contributed by atoms with Crippen molar-refractivity contribution in [1.29, 1.82) is 0 Å². The maximum Gasteiger partial charge on any atom is 0.328 e. The van der Waals surface area contributed by atoms with Gasteiger partial charge in [0.1, 0.15) is 3.57 Å². The van der Waals surface area contributed by atoms with E-state index in [0.717, 1.165) is 5.56 Å². The summed E-state index contributed by atoms with van der Waals surface area (Å²) in [5.41, 5.74) is 0.763. The fraction of sp³-hybridized carbons (Fsp3) is 0.0909. The lowest BCUT2D eigenvalue weighted by Crippen LogP contribution is -2.31. The van der Waals surface area contributed by atoms with Gasteiger partial charge in [0.15, 0.2) is 0 Å². The Kier molecular flexibility index (Phi) is 2.95. The van der Waals surface area contributed by atoms with Crippen LogP contribution in [0.15, 0.2) is 39.9 Å². The first-order valence-electron chi connectivity index (χ1n) is 4.65. The minimum Gasteiger partial charge on any atom is -0.295 e. The van der Waals surface area contributed by atoms with E-state index >= 15 is 0 Å². The molecule has 82 valence electrons. The second-order valence-corrected chi connectivity index (χ2v) is 4.43. The first-order valence-corrected chi connectivity index (χ1v) is 5.73. The third kappa shape index (κ3) is 1.82. The molecule has 2 aromatic rings. The quantitative estimate of drug-likeness (QED) is 0.804. The lowest BCUT2D eigenvalue weighted by atomic mass is 10.1. The summed E-state index contributed by atoms with van der Waals surface area (Å²) in [5, 5.41) is 0. The molecule has 0 saturated carbocycles. The second kappa shape index (κ2) is 4.25. The van der Waals surface area contributed by atoms with Crippen LogP contribution in [0.4, 0.5) is 0 Å². The molecule has 0 saturated heterocycles. The Morgan fingerprint density at radius 1 is 1.19 bits per heavy atom. The topological polar surface area (TPSA) is 54.9 Å². The monoisotopic (exact) mass is 328 g/mol. The molecule has 0 amide bonds. The summed E-state index contributed by atoms with van der Waals surface area (Å²) in [5.74, 6) is 0. The van der Waals surface area contributed by atoms with Crippen LogP contribution in [0.3, 0.4) is 0 Å². The van der Waals surface area contributed by atoms with Gasteiger partial charge < -0.3 is 0 Å². The van der Waals surface area contributed by atoms with E-state index in [0.29, 0.717) is 9.26 Å². The molecule has 0 radical (unpaired) electrons. The van der Waals surface area contributed by atoms with Gasteiger partial charge in [0, 0.05) is 7.05 Å². The smallest absolute Gasteiger partial charge is 0.295 e. The summed E-state index contributed by atoms with van der Waals surface area (Å²) in [7, 11) is 1.64. The van der Waals surface area contributed by atoms with E-state index < -0.39 is 5.69 Å². The second-order valence-electron chi connectivity index (χ2n) is 3.35. The van der Waals surface area contributed by atoms with Crippen molar-refractivity contribution in [2.24, 2.45) is 7.05 Å². The van der Waals surface area contributed by atoms with E-state index in [9.17, 15) is 9.59 Å². The minimum absolute atomic E-state index is 0.345. The Hall–Kier alpha value is -1.37. The molecule has 16 heavy (non-hydrogen) atoms. The van der Waals surface area contributed by atoms with Crippen LogP contribution in [0.25, 0.3) is 11.3 Å². The molecule has 1 aromatic heterocycles.